The first kappa shape index (κ1) is 20.4. The lowest BCUT2D eigenvalue weighted by atomic mass is 9.98. The van der Waals surface area contributed by atoms with Crippen LogP contribution in [0.2, 0.25) is 0 Å². The molecule has 7 nitrogen and oxygen atoms in total. The van der Waals surface area contributed by atoms with Gasteiger partial charge in [0.1, 0.15) is 6.61 Å². The van der Waals surface area contributed by atoms with Crippen LogP contribution < -0.4 is 5.32 Å². The zero-order valence-electron chi connectivity index (χ0n) is 16.2. The van der Waals surface area contributed by atoms with E-state index in [9.17, 15) is 14.7 Å². The van der Waals surface area contributed by atoms with Gasteiger partial charge in [0, 0.05) is 12.1 Å². The molecular formula is C22H20IN3O4. The van der Waals surface area contributed by atoms with Crippen LogP contribution in [0.5, 0.6) is 0 Å². The van der Waals surface area contributed by atoms with E-state index in [2.05, 4.69) is 45.1 Å². The second-order valence-electron chi connectivity index (χ2n) is 7.16. The van der Waals surface area contributed by atoms with Crippen LogP contribution in [0.4, 0.5) is 4.79 Å². The highest BCUT2D eigenvalue weighted by atomic mass is 127. The quantitative estimate of drug-likeness (QED) is 0.482. The van der Waals surface area contributed by atoms with Gasteiger partial charge in [-0.05, 0) is 51.8 Å². The van der Waals surface area contributed by atoms with Crippen LogP contribution >= 0.6 is 22.6 Å². The molecule has 0 fully saturated rings. The van der Waals surface area contributed by atoms with Gasteiger partial charge in [0.2, 0.25) is 0 Å². The van der Waals surface area contributed by atoms with Gasteiger partial charge in [-0.2, -0.15) is 5.10 Å². The number of alkyl carbamates (subject to hydrolysis) is 1. The topological polar surface area (TPSA) is 93.5 Å². The van der Waals surface area contributed by atoms with Crippen molar-refractivity contribution >= 4 is 34.7 Å². The molecule has 1 heterocycles. The molecule has 1 aromatic heterocycles. The largest absolute Gasteiger partial charge is 0.480 e. The summed E-state index contributed by atoms with van der Waals surface area (Å²) in [6.07, 6.45) is 2.59. The minimum atomic E-state index is -1.17. The summed E-state index contributed by atoms with van der Waals surface area (Å²) in [5, 5.41) is 16.2. The van der Waals surface area contributed by atoms with Crippen molar-refractivity contribution in [1.29, 1.82) is 0 Å². The summed E-state index contributed by atoms with van der Waals surface area (Å²) in [5.74, 6) is -1.24. The van der Waals surface area contributed by atoms with E-state index in [1.165, 1.54) is 4.68 Å². The Morgan fingerprint density at radius 2 is 1.77 bits per heavy atom. The Labute approximate surface area is 187 Å². The van der Waals surface area contributed by atoms with Gasteiger partial charge in [-0.3, -0.25) is 4.68 Å². The number of carboxylic acids is 1. The van der Waals surface area contributed by atoms with Gasteiger partial charge < -0.3 is 15.2 Å². The lowest BCUT2D eigenvalue weighted by molar-refractivity contribution is -0.140. The van der Waals surface area contributed by atoms with Crippen molar-refractivity contribution in [3.05, 3.63) is 75.6 Å². The second kappa shape index (κ2) is 8.47. The number of fused-ring (bicyclic) bond motifs is 3. The fourth-order valence-electron chi connectivity index (χ4n) is 3.85. The number of carboxylic acid groups (broad SMARTS) is 1. The Balaban J connectivity index is 1.46. The molecule has 3 aromatic rings. The van der Waals surface area contributed by atoms with E-state index in [0.29, 0.717) is 0 Å². The Morgan fingerprint density at radius 3 is 2.30 bits per heavy atom. The van der Waals surface area contributed by atoms with Crippen LogP contribution in [0.25, 0.3) is 11.1 Å². The van der Waals surface area contributed by atoms with Crippen molar-refractivity contribution in [1.82, 2.24) is 15.1 Å². The van der Waals surface area contributed by atoms with Crippen molar-refractivity contribution in [2.75, 3.05) is 6.61 Å². The van der Waals surface area contributed by atoms with E-state index < -0.39 is 24.1 Å². The van der Waals surface area contributed by atoms with Crippen molar-refractivity contribution in [2.24, 2.45) is 0 Å². The average molecular weight is 517 g/mol. The zero-order chi connectivity index (χ0) is 21.3. The third-order valence-corrected chi connectivity index (χ3v) is 5.91. The van der Waals surface area contributed by atoms with Crippen LogP contribution in [-0.4, -0.2) is 39.6 Å². The van der Waals surface area contributed by atoms with Gasteiger partial charge in [0.15, 0.2) is 6.04 Å². The summed E-state index contributed by atoms with van der Waals surface area (Å²) < 4.78 is 7.86. The average Bonchev–Trinajstić information content (AvgIpc) is 3.31. The summed E-state index contributed by atoms with van der Waals surface area (Å²) in [5.41, 5.74) is 4.46. The van der Waals surface area contributed by atoms with E-state index in [1.807, 2.05) is 36.4 Å². The summed E-state index contributed by atoms with van der Waals surface area (Å²) >= 11 is 2.09. The molecule has 4 rings (SSSR count). The molecule has 1 amide bonds. The second-order valence-corrected chi connectivity index (χ2v) is 8.41. The third kappa shape index (κ3) is 3.91. The van der Waals surface area contributed by atoms with Crippen molar-refractivity contribution in [3.8, 4) is 11.1 Å². The number of aromatic nitrogens is 2. The Hall–Kier alpha value is -2.88. The molecule has 2 aromatic carbocycles. The minimum absolute atomic E-state index is 0.0865. The molecular weight excluding hydrogens is 497 g/mol. The Kier molecular flexibility index (Phi) is 5.76. The SMILES string of the molecule is CC(C(NC(=O)OCC1c2ccccc2-c2ccccc21)C(=O)O)n1cc(I)cn1. The van der Waals surface area contributed by atoms with Gasteiger partial charge in [0.05, 0.1) is 15.8 Å². The lowest BCUT2D eigenvalue weighted by Crippen LogP contribution is -2.46. The molecule has 0 aliphatic heterocycles. The van der Waals surface area contributed by atoms with E-state index in [4.69, 9.17) is 4.74 Å². The molecule has 2 atom stereocenters. The molecule has 0 saturated heterocycles. The first-order valence-electron chi connectivity index (χ1n) is 9.49. The number of aliphatic carboxylic acids is 1. The first-order chi connectivity index (χ1) is 14.5. The number of carbonyl (C=O) groups excluding carboxylic acids is 1. The summed E-state index contributed by atoms with van der Waals surface area (Å²) in [6, 6.07) is 14.3. The molecule has 2 unspecified atom stereocenters. The third-order valence-electron chi connectivity index (χ3n) is 5.35. The number of nitrogens with zero attached hydrogens (tertiary/aromatic N) is 2. The molecule has 30 heavy (non-hydrogen) atoms. The number of benzene rings is 2. The molecule has 2 N–H and O–H groups in total. The van der Waals surface area contributed by atoms with E-state index in [1.54, 1.807) is 19.3 Å². The summed E-state index contributed by atoms with van der Waals surface area (Å²) in [6.45, 7) is 1.81. The number of hydrogen-bond acceptors (Lipinski definition) is 4. The lowest BCUT2D eigenvalue weighted by Gasteiger charge is -2.22. The summed E-state index contributed by atoms with van der Waals surface area (Å²) in [7, 11) is 0. The van der Waals surface area contributed by atoms with E-state index in [-0.39, 0.29) is 12.5 Å². The van der Waals surface area contributed by atoms with Crippen molar-refractivity contribution < 1.29 is 19.4 Å². The summed E-state index contributed by atoms with van der Waals surface area (Å²) in [4.78, 5) is 24.2. The van der Waals surface area contributed by atoms with E-state index >= 15 is 0 Å². The smallest absolute Gasteiger partial charge is 0.407 e. The number of halogens is 1. The van der Waals surface area contributed by atoms with Crippen molar-refractivity contribution in [2.45, 2.75) is 24.9 Å². The molecule has 154 valence electrons. The monoisotopic (exact) mass is 517 g/mol. The highest BCUT2D eigenvalue weighted by molar-refractivity contribution is 14.1. The number of nitrogens with one attached hydrogen (secondary N) is 1. The first-order valence-corrected chi connectivity index (χ1v) is 10.6. The molecule has 0 bridgehead atoms. The molecule has 1 aliphatic carbocycles. The number of ether oxygens (including phenoxy) is 1. The van der Waals surface area contributed by atoms with Crippen LogP contribution in [0, 0.1) is 3.57 Å². The standard InChI is InChI=1S/C22H20IN3O4/c1-13(26-11-14(23)10-24-26)20(21(27)28)25-22(29)30-12-19-17-8-4-2-6-15(17)16-7-3-5-9-18(16)19/h2-11,13,19-20H,12H2,1H3,(H,25,29)(H,27,28). The minimum Gasteiger partial charge on any atom is -0.480 e. The number of amides is 1. The fraction of sp³-hybridized carbons (Fsp3) is 0.227. The number of rotatable bonds is 6. The van der Waals surface area contributed by atoms with Crippen LogP contribution in [0.3, 0.4) is 0 Å². The van der Waals surface area contributed by atoms with E-state index in [0.717, 1.165) is 25.8 Å². The van der Waals surface area contributed by atoms with Gasteiger partial charge in [-0.25, -0.2) is 9.59 Å². The number of carbonyl (C=O) groups is 2. The molecule has 0 radical (unpaired) electrons. The maximum Gasteiger partial charge on any atom is 0.407 e. The molecule has 0 spiro atoms. The molecule has 1 aliphatic rings. The maximum atomic E-state index is 12.5. The van der Waals surface area contributed by atoms with Crippen LogP contribution in [0.15, 0.2) is 60.9 Å². The van der Waals surface area contributed by atoms with Crippen molar-refractivity contribution in [3.63, 3.8) is 0 Å². The van der Waals surface area contributed by atoms with Crippen LogP contribution in [-0.2, 0) is 9.53 Å². The predicted octanol–water partition coefficient (Wildman–Crippen LogP) is 4.04. The van der Waals surface area contributed by atoms with Crippen LogP contribution in [0.1, 0.15) is 30.0 Å². The maximum absolute atomic E-state index is 12.5. The Morgan fingerprint density at radius 1 is 1.17 bits per heavy atom. The fourth-order valence-corrected chi connectivity index (χ4v) is 4.26. The van der Waals surface area contributed by atoms with Gasteiger partial charge in [-0.1, -0.05) is 48.5 Å². The Bertz CT molecular complexity index is 1050. The normalized spacial score (nSPS) is 14.5. The zero-order valence-corrected chi connectivity index (χ0v) is 18.3. The molecule has 0 saturated carbocycles. The number of hydrogen-bond donors (Lipinski definition) is 2. The van der Waals surface area contributed by atoms with Gasteiger partial charge in [-0.15, -0.1) is 0 Å². The highest BCUT2D eigenvalue weighted by Crippen LogP contribution is 2.44. The highest BCUT2D eigenvalue weighted by Gasteiger charge is 2.31. The van der Waals surface area contributed by atoms with Gasteiger partial charge >= 0.3 is 12.1 Å². The molecule has 8 heteroatoms. The predicted molar refractivity (Wildman–Crippen MR) is 119 cm³/mol. The van der Waals surface area contributed by atoms with Gasteiger partial charge in [0.25, 0.3) is 0 Å².